The summed E-state index contributed by atoms with van der Waals surface area (Å²) >= 11 is 0. The number of rotatable bonds is 6. The fourth-order valence-corrected chi connectivity index (χ4v) is 9.23. The van der Waals surface area contributed by atoms with Crippen LogP contribution in [-0.2, 0) is 0 Å². The number of allylic oxidation sites excluding steroid dienone is 2. The van der Waals surface area contributed by atoms with Gasteiger partial charge in [-0.2, -0.15) is 0 Å². The Labute approximate surface area is 259 Å². The summed E-state index contributed by atoms with van der Waals surface area (Å²) in [5.74, 6) is 7.32. The van der Waals surface area contributed by atoms with Gasteiger partial charge in [0.25, 0.3) is 0 Å². The monoisotopic (exact) mass is 564 g/mol. The van der Waals surface area contributed by atoms with E-state index in [4.69, 9.17) is 0 Å². The lowest BCUT2D eigenvalue weighted by Crippen LogP contribution is -2.25. The summed E-state index contributed by atoms with van der Waals surface area (Å²) in [7, 11) is 0. The molecule has 0 amide bonds. The Morgan fingerprint density at radius 2 is 0.667 bits per heavy atom. The Morgan fingerprint density at radius 1 is 0.405 bits per heavy atom. The zero-order chi connectivity index (χ0) is 29.3. The second-order valence-corrected chi connectivity index (χ2v) is 14.9. The summed E-state index contributed by atoms with van der Waals surface area (Å²) in [6.45, 7) is 12.3. The van der Waals surface area contributed by atoms with E-state index >= 15 is 0 Å². The first-order valence-corrected chi connectivity index (χ1v) is 17.9. The lowest BCUT2D eigenvalue weighted by Gasteiger charge is -2.37. The van der Waals surface area contributed by atoms with E-state index in [9.17, 15) is 0 Å². The van der Waals surface area contributed by atoms with E-state index in [0.717, 1.165) is 47.3 Å². The Bertz CT molecular complexity index is 968. The molecule has 0 radical (unpaired) electrons. The first-order valence-electron chi connectivity index (χ1n) is 17.9. The van der Waals surface area contributed by atoms with Crippen LogP contribution in [0, 0.1) is 49.4 Å². The third kappa shape index (κ3) is 8.51. The molecule has 0 heterocycles. The SMILES string of the molecule is C=CC1CCC(C2CCC(c3ccc(C)cc3)CC2)CC1.C=CC1CCC(C2CCC(c3ccc(C)cc3)CC2)CC1. The average Bonchev–Trinajstić information content (AvgIpc) is 3.06. The van der Waals surface area contributed by atoms with Crippen molar-refractivity contribution in [2.45, 2.75) is 128 Å². The molecule has 0 aliphatic heterocycles. The van der Waals surface area contributed by atoms with E-state index in [2.05, 4.69) is 87.7 Å². The smallest absolute Gasteiger partial charge is 0.0162 e. The molecule has 0 saturated heterocycles. The van der Waals surface area contributed by atoms with E-state index in [-0.39, 0.29) is 0 Å². The number of benzene rings is 2. The molecule has 4 saturated carbocycles. The van der Waals surface area contributed by atoms with E-state index < -0.39 is 0 Å². The van der Waals surface area contributed by atoms with Gasteiger partial charge in [0.2, 0.25) is 0 Å². The van der Waals surface area contributed by atoms with Crippen molar-refractivity contribution in [3.8, 4) is 0 Å². The molecule has 0 atom stereocenters. The molecule has 0 aromatic heterocycles. The van der Waals surface area contributed by atoms with Crippen LogP contribution in [0.5, 0.6) is 0 Å². The standard InChI is InChI=1S/2C21H30/c2*1-3-17-6-10-19(11-7-17)21-14-12-20(13-15-21)18-8-4-16(2)5-9-18/h2*3-5,8-9,17,19-21H,1,6-7,10-15H2,2H3. The largest absolute Gasteiger partial charge is 0.103 e. The molecule has 0 spiro atoms. The number of aryl methyl sites for hydroxylation is 2. The molecule has 4 fully saturated rings. The van der Waals surface area contributed by atoms with Gasteiger partial charge in [0.05, 0.1) is 0 Å². The molecule has 0 N–H and O–H groups in total. The Balaban J connectivity index is 0.000000168. The van der Waals surface area contributed by atoms with Gasteiger partial charge in [-0.15, -0.1) is 13.2 Å². The maximum atomic E-state index is 3.97. The van der Waals surface area contributed by atoms with Crippen LogP contribution < -0.4 is 0 Å². The van der Waals surface area contributed by atoms with Gasteiger partial charge in [-0.05, 0) is 175 Å². The molecule has 0 bridgehead atoms. The second-order valence-electron chi connectivity index (χ2n) is 14.9. The second kappa shape index (κ2) is 15.6. The molecule has 42 heavy (non-hydrogen) atoms. The van der Waals surface area contributed by atoms with E-state index in [1.807, 2.05) is 0 Å². The van der Waals surface area contributed by atoms with Gasteiger partial charge >= 0.3 is 0 Å². The van der Waals surface area contributed by atoms with Crippen molar-refractivity contribution in [3.63, 3.8) is 0 Å². The van der Waals surface area contributed by atoms with Crippen molar-refractivity contribution in [1.82, 2.24) is 0 Å². The molecule has 0 nitrogen and oxygen atoms in total. The summed E-state index contributed by atoms with van der Waals surface area (Å²) in [6, 6.07) is 18.5. The van der Waals surface area contributed by atoms with Crippen LogP contribution in [0.4, 0.5) is 0 Å². The maximum Gasteiger partial charge on any atom is -0.0162 e. The Morgan fingerprint density at radius 3 is 0.929 bits per heavy atom. The fourth-order valence-electron chi connectivity index (χ4n) is 9.23. The van der Waals surface area contributed by atoms with Crippen LogP contribution in [0.15, 0.2) is 73.8 Å². The quantitative estimate of drug-likeness (QED) is 0.306. The van der Waals surface area contributed by atoms with Gasteiger partial charge in [0, 0.05) is 0 Å². The van der Waals surface area contributed by atoms with Crippen LogP contribution >= 0.6 is 0 Å². The van der Waals surface area contributed by atoms with Gasteiger partial charge < -0.3 is 0 Å². The van der Waals surface area contributed by atoms with Crippen molar-refractivity contribution in [2.75, 3.05) is 0 Å². The van der Waals surface area contributed by atoms with Crippen molar-refractivity contribution in [2.24, 2.45) is 35.5 Å². The molecule has 2 aromatic carbocycles. The zero-order valence-electron chi connectivity index (χ0n) is 27.1. The molecule has 4 aliphatic rings. The summed E-state index contributed by atoms with van der Waals surface area (Å²) in [5, 5.41) is 0. The lowest BCUT2D eigenvalue weighted by molar-refractivity contribution is 0.171. The van der Waals surface area contributed by atoms with Crippen LogP contribution in [0.25, 0.3) is 0 Å². The van der Waals surface area contributed by atoms with Crippen LogP contribution in [-0.4, -0.2) is 0 Å². The summed E-state index contributed by atoms with van der Waals surface area (Å²) in [6.07, 6.45) is 27.3. The highest BCUT2D eigenvalue weighted by molar-refractivity contribution is 5.26. The predicted molar refractivity (Wildman–Crippen MR) is 183 cm³/mol. The molecule has 228 valence electrons. The molecule has 4 aliphatic carbocycles. The van der Waals surface area contributed by atoms with Crippen LogP contribution in [0.3, 0.4) is 0 Å². The highest BCUT2D eigenvalue weighted by Gasteiger charge is 2.32. The molecule has 2 aromatic rings. The fraction of sp³-hybridized carbons (Fsp3) is 0.619. The van der Waals surface area contributed by atoms with Gasteiger partial charge in [-0.3, -0.25) is 0 Å². The minimum atomic E-state index is 0.810. The summed E-state index contributed by atoms with van der Waals surface area (Å²) in [4.78, 5) is 0. The predicted octanol–water partition coefficient (Wildman–Crippen LogP) is 12.5. The zero-order valence-corrected chi connectivity index (χ0v) is 27.1. The molecule has 0 heteroatoms. The summed E-state index contributed by atoms with van der Waals surface area (Å²) < 4.78 is 0. The van der Waals surface area contributed by atoms with Crippen molar-refractivity contribution in [1.29, 1.82) is 0 Å². The third-order valence-electron chi connectivity index (χ3n) is 12.3. The normalized spacial score (nSPS) is 33.6. The minimum absolute atomic E-state index is 0.810. The first kappa shape index (κ1) is 31.3. The van der Waals surface area contributed by atoms with E-state index in [1.54, 1.807) is 11.1 Å². The van der Waals surface area contributed by atoms with Crippen molar-refractivity contribution < 1.29 is 0 Å². The molecular formula is C42H60. The number of hydrogen-bond acceptors (Lipinski definition) is 0. The van der Waals surface area contributed by atoms with Gasteiger partial charge in [-0.25, -0.2) is 0 Å². The Hall–Kier alpha value is -2.08. The molecular weight excluding hydrogens is 504 g/mol. The topological polar surface area (TPSA) is 0 Å². The first-order chi connectivity index (χ1) is 20.5. The molecule has 6 rings (SSSR count). The van der Waals surface area contributed by atoms with Gasteiger partial charge in [0.15, 0.2) is 0 Å². The number of hydrogen-bond donors (Lipinski definition) is 0. The minimum Gasteiger partial charge on any atom is -0.103 e. The highest BCUT2D eigenvalue weighted by Crippen LogP contribution is 2.45. The van der Waals surface area contributed by atoms with Crippen molar-refractivity contribution >= 4 is 0 Å². The van der Waals surface area contributed by atoms with E-state index in [0.29, 0.717) is 0 Å². The van der Waals surface area contributed by atoms with Gasteiger partial charge in [0.1, 0.15) is 0 Å². The highest BCUT2D eigenvalue weighted by atomic mass is 14.4. The van der Waals surface area contributed by atoms with Gasteiger partial charge in [-0.1, -0.05) is 71.8 Å². The maximum absolute atomic E-state index is 3.97. The summed E-state index contributed by atoms with van der Waals surface area (Å²) in [5.41, 5.74) is 5.92. The molecule has 0 unspecified atom stereocenters. The Kier molecular flexibility index (Phi) is 11.6. The van der Waals surface area contributed by atoms with Crippen LogP contribution in [0.1, 0.15) is 137 Å². The van der Waals surface area contributed by atoms with E-state index in [1.165, 1.54) is 114 Å². The average molecular weight is 565 g/mol. The lowest BCUT2D eigenvalue weighted by atomic mass is 9.68. The van der Waals surface area contributed by atoms with Crippen LogP contribution in [0.2, 0.25) is 0 Å². The third-order valence-corrected chi connectivity index (χ3v) is 12.3. The van der Waals surface area contributed by atoms with Crippen molar-refractivity contribution in [3.05, 3.63) is 96.1 Å².